The van der Waals surface area contributed by atoms with Gasteiger partial charge in [-0.05, 0) is 44.6 Å². The third-order valence-electron chi connectivity index (χ3n) is 2.93. The third kappa shape index (κ3) is 2.73. The molecule has 0 N–H and O–H groups in total. The predicted octanol–water partition coefficient (Wildman–Crippen LogP) is 3.39. The Morgan fingerprint density at radius 2 is 1.57 bits per heavy atom. The number of halogens is 1. The van der Waals surface area contributed by atoms with Crippen LogP contribution >= 0.6 is 11.6 Å². The minimum atomic E-state index is 0.530. The van der Waals surface area contributed by atoms with Crippen molar-refractivity contribution in [3.8, 4) is 0 Å². The first kappa shape index (κ1) is 11.5. The normalized spacial score (nSPS) is 15.6. The van der Waals surface area contributed by atoms with Gasteiger partial charge in [0.25, 0.3) is 0 Å². The standard InChI is InChI=1S/C12H18ClN/c1-9(10(2)14(3)4)11-5-7-12(13)8-6-11/h5-10H,1-4H3. The van der Waals surface area contributed by atoms with E-state index in [2.05, 4.69) is 45.0 Å². The molecule has 14 heavy (non-hydrogen) atoms. The van der Waals surface area contributed by atoms with Gasteiger partial charge in [-0.25, -0.2) is 0 Å². The smallest absolute Gasteiger partial charge is 0.0406 e. The second-order valence-electron chi connectivity index (χ2n) is 4.04. The van der Waals surface area contributed by atoms with Crippen molar-refractivity contribution in [2.75, 3.05) is 14.1 Å². The van der Waals surface area contributed by atoms with Gasteiger partial charge in [0.2, 0.25) is 0 Å². The van der Waals surface area contributed by atoms with E-state index in [0.29, 0.717) is 12.0 Å². The summed E-state index contributed by atoms with van der Waals surface area (Å²) in [5.41, 5.74) is 1.34. The fourth-order valence-electron chi connectivity index (χ4n) is 1.49. The quantitative estimate of drug-likeness (QED) is 0.741. The van der Waals surface area contributed by atoms with E-state index in [1.807, 2.05) is 12.1 Å². The van der Waals surface area contributed by atoms with Gasteiger partial charge in [-0.2, -0.15) is 0 Å². The van der Waals surface area contributed by atoms with Crippen molar-refractivity contribution in [2.45, 2.75) is 25.8 Å². The van der Waals surface area contributed by atoms with E-state index >= 15 is 0 Å². The fraction of sp³-hybridized carbons (Fsp3) is 0.500. The summed E-state index contributed by atoms with van der Waals surface area (Å²) in [6.45, 7) is 4.48. The zero-order valence-electron chi connectivity index (χ0n) is 9.29. The van der Waals surface area contributed by atoms with Crippen LogP contribution in [0.3, 0.4) is 0 Å². The minimum absolute atomic E-state index is 0.530. The van der Waals surface area contributed by atoms with Crippen molar-refractivity contribution >= 4 is 11.6 Å². The van der Waals surface area contributed by atoms with Gasteiger partial charge >= 0.3 is 0 Å². The Morgan fingerprint density at radius 3 is 2.00 bits per heavy atom. The van der Waals surface area contributed by atoms with Crippen LogP contribution in [0.2, 0.25) is 5.02 Å². The van der Waals surface area contributed by atoms with Crippen LogP contribution in [0.5, 0.6) is 0 Å². The van der Waals surface area contributed by atoms with E-state index in [1.54, 1.807) is 0 Å². The van der Waals surface area contributed by atoms with Crippen LogP contribution in [0.1, 0.15) is 25.3 Å². The van der Waals surface area contributed by atoms with Crippen molar-refractivity contribution < 1.29 is 0 Å². The highest BCUT2D eigenvalue weighted by atomic mass is 35.5. The van der Waals surface area contributed by atoms with Crippen molar-refractivity contribution in [3.63, 3.8) is 0 Å². The first-order chi connectivity index (χ1) is 6.52. The van der Waals surface area contributed by atoms with Gasteiger partial charge in [0, 0.05) is 11.1 Å². The molecule has 2 atom stereocenters. The van der Waals surface area contributed by atoms with Crippen LogP contribution in [0.15, 0.2) is 24.3 Å². The molecule has 0 fully saturated rings. The van der Waals surface area contributed by atoms with Crippen LogP contribution < -0.4 is 0 Å². The third-order valence-corrected chi connectivity index (χ3v) is 3.19. The van der Waals surface area contributed by atoms with Gasteiger partial charge in [-0.1, -0.05) is 30.7 Å². The highest BCUT2D eigenvalue weighted by Gasteiger charge is 2.15. The molecule has 0 saturated heterocycles. The zero-order chi connectivity index (χ0) is 10.7. The number of rotatable bonds is 3. The predicted molar refractivity (Wildman–Crippen MR) is 63.0 cm³/mol. The molecule has 1 rings (SSSR count). The van der Waals surface area contributed by atoms with E-state index < -0.39 is 0 Å². The summed E-state index contributed by atoms with van der Waals surface area (Å²) in [6.07, 6.45) is 0. The second-order valence-corrected chi connectivity index (χ2v) is 4.48. The van der Waals surface area contributed by atoms with Crippen LogP contribution in [0.4, 0.5) is 0 Å². The molecule has 0 heterocycles. The van der Waals surface area contributed by atoms with Gasteiger partial charge < -0.3 is 4.90 Å². The summed E-state index contributed by atoms with van der Waals surface area (Å²) < 4.78 is 0. The van der Waals surface area contributed by atoms with Crippen molar-refractivity contribution in [1.82, 2.24) is 4.90 Å². The van der Waals surface area contributed by atoms with Gasteiger partial charge in [-0.3, -0.25) is 0 Å². The number of hydrogen-bond donors (Lipinski definition) is 0. The Bertz CT molecular complexity index is 279. The summed E-state index contributed by atoms with van der Waals surface area (Å²) in [5.74, 6) is 0.530. The topological polar surface area (TPSA) is 3.24 Å². The number of benzene rings is 1. The summed E-state index contributed by atoms with van der Waals surface area (Å²) in [5, 5.41) is 0.804. The first-order valence-corrected chi connectivity index (χ1v) is 5.32. The Kier molecular flexibility index (Phi) is 3.97. The highest BCUT2D eigenvalue weighted by Crippen LogP contribution is 2.22. The lowest BCUT2D eigenvalue weighted by Crippen LogP contribution is -2.29. The Hall–Kier alpha value is -0.530. The van der Waals surface area contributed by atoms with Crippen molar-refractivity contribution in [1.29, 1.82) is 0 Å². The van der Waals surface area contributed by atoms with E-state index in [4.69, 9.17) is 11.6 Å². The zero-order valence-corrected chi connectivity index (χ0v) is 10.0. The Morgan fingerprint density at radius 1 is 1.07 bits per heavy atom. The molecule has 1 aromatic carbocycles. The van der Waals surface area contributed by atoms with E-state index in [0.717, 1.165) is 5.02 Å². The summed E-state index contributed by atoms with van der Waals surface area (Å²) >= 11 is 5.85. The lowest BCUT2D eigenvalue weighted by atomic mass is 9.94. The van der Waals surface area contributed by atoms with Crippen molar-refractivity contribution in [2.24, 2.45) is 0 Å². The molecule has 2 heteroatoms. The molecule has 1 aromatic rings. The maximum Gasteiger partial charge on any atom is 0.0406 e. The summed E-state index contributed by atoms with van der Waals surface area (Å²) in [7, 11) is 4.22. The fourth-order valence-corrected chi connectivity index (χ4v) is 1.62. The molecule has 0 aromatic heterocycles. The number of hydrogen-bond acceptors (Lipinski definition) is 1. The van der Waals surface area contributed by atoms with E-state index in [1.165, 1.54) is 5.56 Å². The summed E-state index contributed by atoms with van der Waals surface area (Å²) in [6, 6.07) is 8.65. The average Bonchev–Trinajstić information content (AvgIpc) is 2.16. The molecule has 78 valence electrons. The molecule has 0 aliphatic heterocycles. The SMILES string of the molecule is CC(c1ccc(Cl)cc1)C(C)N(C)C. The van der Waals surface area contributed by atoms with E-state index in [9.17, 15) is 0 Å². The molecule has 2 unspecified atom stereocenters. The van der Waals surface area contributed by atoms with Crippen LogP contribution in [0.25, 0.3) is 0 Å². The Labute approximate surface area is 91.7 Å². The number of nitrogens with zero attached hydrogens (tertiary/aromatic N) is 1. The molecule has 0 amide bonds. The lowest BCUT2D eigenvalue weighted by molar-refractivity contribution is 0.280. The molecule has 1 nitrogen and oxygen atoms in total. The maximum atomic E-state index is 5.85. The molecular formula is C12H18ClN. The monoisotopic (exact) mass is 211 g/mol. The molecule has 0 spiro atoms. The molecule has 0 saturated carbocycles. The largest absolute Gasteiger partial charge is 0.306 e. The maximum absolute atomic E-state index is 5.85. The van der Waals surface area contributed by atoms with Crippen LogP contribution in [-0.4, -0.2) is 25.0 Å². The second kappa shape index (κ2) is 4.81. The molecular weight excluding hydrogens is 194 g/mol. The lowest BCUT2D eigenvalue weighted by Gasteiger charge is -2.26. The highest BCUT2D eigenvalue weighted by molar-refractivity contribution is 6.30. The van der Waals surface area contributed by atoms with Crippen LogP contribution in [0, 0.1) is 0 Å². The van der Waals surface area contributed by atoms with Gasteiger partial charge in [0.1, 0.15) is 0 Å². The van der Waals surface area contributed by atoms with Gasteiger partial charge in [0.15, 0.2) is 0 Å². The summed E-state index contributed by atoms with van der Waals surface area (Å²) in [4.78, 5) is 2.24. The Balaban J connectivity index is 2.78. The molecule has 0 aliphatic carbocycles. The average molecular weight is 212 g/mol. The molecule has 0 aliphatic rings. The molecule has 0 bridgehead atoms. The minimum Gasteiger partial charge on any atom is -0.306 e. The van der Waals surface area contributed by atoms with Crippen molar-refractivity contribution in [3.05, 3.63) is 34.9 Å². The van der Waals surface area contributed by atoms with Gasteiger partial charge in [-0.15, -0.1) is 0 Å². The van der Waals surface area contributed by atoms with E-state index in [-0.39, 0.29) is 0 Å². The molecule has 0 radical (unpaired) electrons. The van der Waals surface area contributed by atoms with Crippen LogP contribution in [-0.2, 0) is 0 Å². The van der Waals surface area contributed by atoms with Gasteiger partial charge in [0.05, 0.1) is 0 Å². The first-order valence-electron chi connectivity index (χ1n) is 4.94. The number of likely N-dealkylation sites (N-methyl/N-ethyl adjacent to an activating group) is 1.